The van der Waals surface area contributed by atoms with Crippen molar-refractivity contribution in [2.45, 2.75) is 30.4 Å². The van der Waals surface area contributed by atoms with Gasteiger partial charge in [-0.2, -0.15) is 4.31 Å². The topological polar surface area (TPSA) is 160 Å². The van der Waals surface area contributed by atoms with Crippen LogP contribution in [0.3, 0.4) is 0 Å². The van der Waals surface area contributed by atoms with Crippen molar-refractivity contribution >= 4 is 38.2 Å². The van der Waals surface area contributed by atoms with Crippen LogP contribution in [0.5, 0.6) is 5.75 Å². The van der Waals surface area contributed by atoms with Crippen molar-refractivity contribution in [3.05, 3.63) is 112 Å². The number of hydrogen-bond donors (Lipinski definition) is 2. The second-order valence-corrected chi connectivity index (χ2v) is 11.9. The van der Waals surface area contributed by atoms with E-state index >= 15 is 0 Å². The molecular formula is C30H29N5O6S. The number of nitrogens with two attached hydrogens (primary N) is 1. The summed E-state index contributed by atoms with van der Waals surface area (Å²) in [4.78, 5) is 26.2. The van der Waals surface area contributed by atoms with Crippen LogP contribution < -0.4 is 10.5 Å². The van der Waals surface area contributed by atoms with E-state index in [1.165, 1.54) is 37.4 Å². The van der Waals surface area contributed by atoms with Crippen LogP contribution in [0, 0.1) is 15.5 Å². The molecule has 4 aromatic rings. The fourth-order valence-electron chi connectivity index (χ4n) is 5.14. The van der Waals surface area contributed by atoms with Crippen molar-refractivity contribution in [3.8, 4) is 5.75 Å². The molecule has 0 aliphatic carbocycles. The van der Waals surface area contributed by atoms with Gasteiger partial charge < -0.3 is 15.4 Å². The smallest absolute Gasteiger partial charge is 0.269 e. The Bertz CT molecular complexity index is 1810. The first kappa shape index (κ1) is 28.7. The highest BCUT2D eigenvalue weighted by Crippen LogP contribution is 2.31. The van der Waals surface area contributed by atoms with Crippen molar-refractivity contribution in [2.24, 2.45) is 5.73 Å². The molecule has 0 unspecified atom stereocenters. The molecule has 0 aromatic heterocycles. The third-order valence-corrected chi connectivity index (χ3v) is 9.16. The lowest BCUT2D eigenvalue weighted by molar-refractivity contribution is -0.384. The number of methoxy groups -OCH3 is 1. The van der Waals surface area contributed by atoms with Crippen molar-refractivity contribution in [3.63, 3.8) is 0 Å². The van der Waals surface area contributed by atoms with Gasteiger partial charge in [0.2, 0.25) is 15.9 Å². The molecule has 5 rings (SSSR count). The Morgan fingerprint density at radius 1 is 1.05 bits per heavy atom. The minimum Gasteiger partial charge on any atom is -0.497 e. The lowest BCUT2D eigenvalue weighted by atomic mass is 10.1. The SMILES string of the molecule is COc1ccc2ccc(S(=O)(=O)N(Cc3cccc([N+](=O)[O-])c3)[C@H]3CCN(Cc4cccc(C(=N)N)c4)C3=O)cc2c1. The highest BCUT2D eigenvalue weighted by molar-refractivity contribution is 7.89. The number of rotatable bonds is 10. The molecule has 3 N–H and O–H groups in total. The van der Waals surface area contributed by atoms with Crippen LogP contribution in [0.15, 0.2) is 89.8 Å². The molecule has 42 heavy (non-hydrogen) atoms. The number of sulfonamides is 1. The van der Waals surface area contributed by atoms with Crippen LogP contribution in [-0.4, -0.2) is 54.0 Å². The molecule has 1 amide bonds. The Morgan fingerprint density at radius 3 is 2.52 bits per heavy atom. The van der Waals surface area contributed by atoms with Gasteiger partial charge in [-0.1, -0.05) is 42.5 Å². The van der Waals surface area contributed by atoms with E-state index in [-0.39, 0.29) is 41.8 Å². The second kappa shape index (κ2) is 11.6. The van der Waals surface area contributed by atoms with E-state index in [0.29, 0.717) is 28.8 Å². The summed E-state index contributed by atoms with van der Waals surface area (Å²) in [5.74, 6) is 0.102. The predicted octanol–water partition coefficient (Wildman–Crippen LogP) is 4.03. The van der Waals surface area contributed by atoms with Crippen LogP contribution in [0.4, 0.5) is 5.69 Å². The van der Waals surface area contributed by atoms with Crippen LogP contribution in [-0.2, 0) is 27.9 Å². The number of benzene rings is 4. The summed E-state index contributed by atoms with van der Waals surface area (Å²) in [7, 11) is -2.72. The number of amides is 1. The number of nitro groups is 1. The number of fused-ring (bicyclic) bond motifs is 1. The van der Waals surface area contributed by atoms with Gasteiger partial charge >= 0.3 is 0 Å². The monoisotopic (exact) mass is 587 g/mol. The molecule has 1 atom stereocenters. The maximum absolute atomic E-state index is 14.2. The molecule has 4 aromatic carbocycles. The minimum absolute atomic E-state index is 0.00547. The first-order chi connectivity index (χ1) is 20.1. The summed E-state index contributed by atoms with van der Waals surface area (Å²) in [6.45, 7) is 0.296. The van der Waals surface area contributed by atoms with Crippen LogP contribution in [0.2, 0.25) is 0 Å². The lowest BCUT2D eigenvalue weighted by Gasteiger charge is -2.28. The number of ether oxygens (including phenoxy) is 1. The maximum Gasteiger partial charge on any atom is 0.269 e. The Labute approximate surface area is 242 Å². The molecule has 0 bridgehead atoms. The van der Waals surface area contributed by atoms with E-state index in [2.05, 4.69) is 0 Å². The highest BCUT2D eigenvalue weighted by atomic mass is 32.2. The number of carbonyl (C=O) groups is 1. The van der Waals surface area contributed by atoms with E-state index in [1.54, 1.807) is 47.4 Å². The molecule has 1 aliphatic rings. The highest BCUT2D eigenvalue weighted by Gasteiger charge is 2.42. The Kier molecular flexibility index (Phi) is 7.92. The van der Waals surface area contributed by atoms with Gasteiger partial charge in [0.25, 0.3) is 5.69 Å². The molecule has 1 heterocycles. The second-order valence-electron chi connectivity index (χ2n) is 10.0. The largest absolute Gasteiger partial charge is 0.497 e. The Balaban J connectivity index is 1.51. The summed E-state index contributed by atoms with van der Waals surface area (Å²) in [6.07, 6.45) is 0.237. The van der Waals surface area contributed by atoms with E-state index in [9.17, 15) is 23.3 Å². The number of non-ortho nitro benzene ring substituents is 1. The standard InChI is InChI=1S/C30H29N5O6S/c1-41-26-10-8-22-9-11-27(17-24(22)16-26)42(39,40)34(19-21-5-3-7-25(15-21)35(37)38)28-12-13-33(30(28)36)18-20-4-2-6-23(14-20)29(31)32/h2-11,14-17,28H,12-13,18-19H2,1H3,(H3,31,32)/t28-/m0/s1. The van der Waals surface area contributed by atoms with Gasteiger partial charge in [-0.05, 0) is 58.7 Å². The predicted molar refractivity (Wildman–Crippen MR) is 158 cm³/mol. The van der Waals surface area contributed by atoms with Gasteiger partial charge in [0, 0.05) is 37.3 Å². The lowest BCUT2D eigenvalue weighted by Crippen LogP contribution is -2.44. The third kappa shape index (κ3) is 5.80. The summed E-state index contributed by atoms with van der Waals surface area (Å²) >= 11 is 0. The van der Waals surface area contributed by atoms with Crippen molar-refractivity contribution < 1.29 is 22.9 Å². The number of carbonyl (C=O) groups excluding carboxylic acids is 1. The van der Waals surface area contributed by atoms with Crippen LogP contribution >= 0.6 is 0 Å². The first-order valence-corrected chi connectivity index (χ1v) is 14.6. The zero-order valence-corrected chi connectivity index (χ0v) is 23.6. The molecule has 12 heteroatoms. The summed E-state index contributed by atoms with van der Waals surface area (Å²) < 4.78 is 34.9. The molecule has 1 fully saturated rings. The quantitative estimate of drug-likeness (QED) is 0.123. The zero-order chi connectivity index (χ0) is 30.0. The number of nitrogens with one attached hydrogen (secondary N) is 1. The molecule has 0 radical (unpaired) electrons. The normalized spacial score (nSPS) is 15.3. The number of nitro benzene ring substituents is 1. The number of nitrogen functional groups attached to an aromatic ring is 1. The van der Waals surface area contributed by atoms with E-state index in [4.69, 9.17) is 15.9 Å². The fraction of sp³-hybridized carbons (Fsp3) is 0.200. The zero-order valence-electron chi connectivity index (χ0n) is 22.8. The minimum atomic E-state index is -4.24. The average Bonchev–Trinajstić information content (AvgIpc) is 3.34. The van der Waals surface area contributed by atoms with Gasteiger partial charge in [-0.3, -0.25) is 20.3 Å². The summed E-state index contributed by atoms with van der Waals surface area (Å²) in [5, 5.41) is 20.6. The molecule has 0 saturated carbocycles. The van der Waals surface area contributed by atoms with Crippen molar-refractivity contribution in [1.29, 1.82) is 5.41 Å². The molecule has 1 aliphatic heterocycles. The number of amidine groups is 1. The van der Waals surface area contributed by atoms with E-state index in [0.717, 1.165) is 15.3 Å². The van der Waals surface area contributed by atoms with Crippen LogP contribution in [0.1, 0.15) is 23.1 Å². The Morgan fingerprint density at radius 2 is 1.79 bits per heavy atom. The third-order valence-electron chi connectivity index (χ3n) is 7.31. The van der Waals surface area contributed by atoms with Gasteiger partial charge in [0.05, 0.1) is 16.9 Å². The van der Waals surface area contributed by atoms with Gasteiger partial charge in [-0.25, -0.2) is 8.42 Å². The van der Waals surface area contributed by atoms with Gasteiger partial charge in [0.1, 0.15) is 17.6 Å². The van der Waals surface area contributed by atoms with Crippen LogP contribution in [0.25, 0.3) is 10.8 Å². The molecule has 1 saturated heterocycles. The molecule has 0 spiro atoms. The van der Waals surface area contributed by atoms with Gasteiger partial charge in [0.15, 0.2) is 0 Å². The van der Waals surface area contributed by atoms with Gasteiger partial charge in [-0.15, -0.1) is 0 Å². The summed E-state index contributed by atoms with van der Waals surface area (Å²) in [5.41, 5.74) is 7.11. The first-order valence-electron chi connectivity index (χ1n) is 13.1. The summed E-state index contributed by atoms with van der Waals surface area (Å²) in [6, 6.07) is 21.8. The van der Waals surface area contributed by atoms with E-state index in [1.807, 2.05) is 12.1 Å². The number of likely N-dealkylation sites (tertiary alicyclic amines) is 1. The fourth-order valence-corrected chi connectivity index (χ4v) is 6.78. The Hall–Kier alpha value is -4.81. The molecule has 11 nitrogen and oxygen atoms in total. The maximum atomic E-state index is 14.2. The van der Waals surface area contributed by atoms with Crippen molar-refractivity contribution in [2.75, 3.05) is 13.7 Å². The van der Waals surface area contributed by atoms with E-state index < -0.39 is 21.0 Å². The molecular weight excluding hydrogens is 558 g/mol. The number of nitrogens with zero attached hydrogens (tertiary/aromatic N) is 3. The van der Waals surface area contributed by atoms with Crippen molar-refractivity contribution in [1.82, 2.24) is 9.21 Å². The average molecular weight is 588 g/mol. The number of hydrogen-bond acceptors (Lipinski definition) is 7. The molecule has 216 valence electrons.